The molecule has 0 saturated carbocycles. The summed E-state index contributed by atoms with van der Waals surface area (Å²) < 4.78 is 5.39. The Morgan fingerprint density at radius 2 is 1.87 bits per heavy atom. The predicted octanol–water partition coefficient (Wildman–Crippen LogP) is 3.85. The highest BCUT2D eigenvalue weighted by Crippen LogP contribution is 2.26. The van der Waals surface area contributed by atoms with Gasteiger partial charge in [0.25, 0.3) is 0 Å². The summed E-state index contributed by atoms with van der Waals surface area (Å²) in [6.45, 7) is 8.93. The first kappa shape index (κ1) is 12.1. The average molecular weight is 206 g/mol. The van der Waals surface area contributed by atoms with Gasteiger partial charge in [0, 0.05) is 0 Å². The van der Waals surface area contributed by atoms with E-state index in [4.69, 9.17) is 4.74 Å². The molecule has 0 fully saturated rings. The van der Waals surface area contributed by atoms with Crippen molar-refractivity contribution < 1.29 is 4.74 Å². The summed E-state index contributed by atoms with van der Waals surface area (Å²) in [5, 5.41) is 0. The number of aryl methyl sites for hydroxylation is 1. The lowest BCUT2D eigenvalue weighted by molar-refractivity contribution is 0.399. The molecule has 0 saturated heterocycles. The van der Waals surface area contributed by atoms with Gasteiger partial charge in [0.2, 0.25) is 0 Å². The van der Waals surface area contributed by atoms with E-state index in [-0.39, 0.29) is 0 Å². The van der Waals surface area contributed by atoms with Crippen molar-refractivity contribution in [2.24, 2.45) is 5.41 Å². The molecule has 1 rings (SSSR count). The molecule has 0 atom stereocenters. The van der Waals surface area contributed by atoms with Gasteiger partial charge in [0.05, 0.1) is 7.11 Å². The Labute approximate surface area is 93.5 Å². The van der Waals surface area contributed by atoms with Crippen LogP contribution in [-0.4, -0.2) is 7.11 Å². The third-order valence-corrected chi connectivity index (χ3v) is 2.47. The molecule has 0 aliphatic heterocycles. The van der Waals surface area contributed by atoms with Crippen LogP contribution in [0.15, 0.2) is 18.2 Å². The Morgan fingerprint density at radius 3 is 2.33 bits per heavy atom. The quantitative estimate of drug-likeness (QED) is 0.730. The normalized spacial score (nSPS) is 11.5. The van der Waals surface area contributed by atoms with Crippen LogP contribution < -0.4 is 4.74 Å². The second kappa shape index (κ2) is 4.69. The molecule has 1 aromatic carbocycles. The summed E-state index contributed by atoms with van der Waals surface area (Å²) in [5.74, 6) is 1.03. The van der Waals surface area contributed by atoms with Crippen molar-refractivity contribution in [2.45, 2.75) is 40.5 Å². The highest BCUT2D eigenvalue weighted by Gasteiger charge is 2.12. The van der Waals surface area contributed by atoms with E-state index in [1.54, 1.807) is 7.11 Å². The van der Waals surface area contributed by atoms with Crippen LogP contribution in [0.25, 0.3) is 0 Å². The Balaban J connectivity index is 2.93. The number of benzene rings is 1. The second-order valence-corrected chi connectivity index (χ2v) is 5.24. The van der Waals surface area contributed by atoms with Crippen molar-refractivity contribution in [1.29, 1.82) is 0 Å². The standard InChI is InChI=1S/C14H22O/c1-6-12-8-7-11(9-13(12)15-5)10-14(2,3)4/h7-9H,6,10H2,1-5H3. The summed E-state index contributed by atoms with van der Waals surface area (Å²) in [5.41, 5.74) is 2.98. The van der Waals surface area contributed by atoms with Crippen LogP contribution in [0.4, 0.5) is 0 Å². The van der Waals surface area contributed by atoms with Crippen LogP contribution >= 0.6 is 0 Å². The van der Waals surface area contributed by atoms with Gasteiger partial charge in [-0.3, -0.25) is 0 Å². The molecule has 0 bridgehead atoms. The Kier molecular flexibility index (Phi) is 3.78. The second-order valence-electron chi connectivity index (χ2n) is 5.24. The van der Waals surface area contributed by atoms with Crippen molar-refractivity contribution in [2.75, 3.05) is 7.11 Å². The molecule has 84 valence electrons. The van der Waals surface area contributed by atoms with Gasteiger partial charge >= 0.3 is 0 Å². The molecular weight excluding hydrogens is 184 g/mol. The SMILES string of the molecule is CCc1ccc(CC(C)(C)C)cc1OC. The molecule has 1 nitrogen and oxygen atoms in total. The van der Waals surface area contributed by atoms with Crippen LogP contribution in [0, 0.1) is 5.41 Å². The summed E-state index contributed by atoms with van der Waals surface area (Å²) in [4.78, 5) is 0. The fourth-order valence-corrected chi connectivity index (χ4v) is 1.80. The largest absolute Gasteiger partial charge is 0.496 e. The van der Waals surface area contributed by atoms with E-state index in [2.05, 4.69) is 45.9 Å². The Bertz CT molecular complexity index is 321. The Morgan fingerprint density at radius 1 is 1.20 bits per heavy atom. The van der Waals surface area contributed by atoms with E-state index < -0.39 is 0 Å². The number of hydrogen-bond acceptors (Lipinski definition) is 1. The van der Waals surface area contributed by atoms with Gasteiger partial charge < -0.3 is 4.74 Å². The number of methoxy groups -OCH3 is 1. The Hall–Kier alpha value is -0.980. The molecule has 0 heterocycles. The summed E-state index contributed by atoms with van der Waals surface area (Å²) in [6, 6.07) is 6.57. The summed E-state index contributed by atoms with van der Waals surface area (Å²) in [7, 11) is 1.75. The van der Waals surface area contributed by atoms with Crippen LogP contribution in [0.5, 0.6) is 5.75 Å². The number of rotatable bonds is 3. The van der Waals surface area contributed by atoms with Crippen molar-refractivity contribution in [3.8, 4) is 5.75 Å². The molecule has 0 aliphatic carbocycles. The smallest absolute Gasteiger partial charge is 0.122 e. The van der Waals surface area contributed by atoms with Crippen LogP contribution in [-0.2, 0) is 12.8 Å². The van der Waals surface area contributed by atoms with Gasteiger partial charge in [0.1, 0.15) is 5.75 Å². The number of hydrogen-bond donors (Lipinski definition) is 0. The van der Waals surface area contributed by atoms with Crippen molar-refractivity contribution in [3.63, 3.8) is 0 Å². The van der Waals surface area contributed by atoms with E-state index in [0.717, 1.165) is 18.6 Å². The van der Waals surface area contributed by atoms with Crippen molar-refractivity contribution in [3.05, 3.63) is 29.3 Å². The summed E-state index contributed by atoms with van der Waals surface area (Å²) in [6.07, 6.45) is 2.12. The van der Waals surface area contributed by atoms with E-state index in [9.17, 15) is 0 Å². The third-order valence-electron chi connectivity index (χ3n) is 2.47. The first-order valence-electron chi connectivity index (χ1n) is 5.62. The minimum atomic E-state index is 0.332. The number of ether oxygens (including phenoxy) is 1. The maximum Gasteiger partial charge on any atom is 0.122 e. The fourth-order valence-electron chi connectivity index (χ4n) is 1.80. The minimum Gasteiger partial charge on any atom is -0.496 e. The molecule has 1 aromatic rings. The van der Waals surface area contributed by atoms with Crippen LogP contribution in [0.2, 0.25) is 0 Å². The van der Waals surface area contributed by atoms with Crippen LogP contribution in [0.3, 0.4) is 0 Å². The van der Waals surface area contributed by atoms with Crippen molar-refractivity contribution in [1.82, 2.24) is 0 Å². The van der Waals surface area contributed by atoms with Gasteiger partial charge in [0.15, 0.2) is 0 Å². The molecule has 15 heavy (non-hydrogen) atoms. The topological polar surface area (TPSA) is 9.23 Å². The van der Waals surface area contributed by atoms with E-state index in [0.29, 0.717) is 5.41 Å². The van der Waals surface area contributed by atoms with Gasteiger partial charge in [-0.1, -0.05) is 39.8 Å². The maximum atomic E-state index is 5.39. The van der Waals surface area contributed by atoms with Gasteiger partial charge in [-0.15, -0.1) is 0 Å². The first-order chi connectivity index (χ1) is 6.96. The highest BCUT2D eigenvalue weighted by molar-refractivity contribution is 5.37. The molecular formula is C14H22O. The first-order valence-corrected chi connectivity index (χ1v) is 5.62. The molecule has 0 aliphatic rings. The molecule has 0 radical (unpaired) electrons. The lowest BCUT2D eigenvalue weighted by atomic mass is 9.87. The van der Waals surface area contributed by atoms with E-state index in [1.807, 2.05) is 0 Å². The molecule has 1 heteroatoms. The van der Waals surface area contributed by atoms with Gasteiger partial charge in [-0.2, -0.15) is 0 Å². The van der Waals surface area contributed by atoms with E-state index >= 15 is 0 Å². The molecule has 0 spiro atoms. The third kappa shape index (κ3) is 3.58. The van der Waals surface area contributed by atoms with Crippen molar-refractivity contribution >= 4 is 0 Å². The monoisotopic (exact) mass is 206 g/mol. The van der Waals surface area contributed by atoms with E-state index in [1.165, 1.54) is 11.1 Å². The zero-order valence-electron chi connectivity index (χ0n) is 10.6. The molecule has 0 aromatic heterocycles. The average Bonchev–Trinajstić information content (AvgIpc) is 2.15. The zero-order chi connectivity index (χ0) is 11.5. The van der Waals surface area contributed by atoms with Gasteiger partial charge in [-0.25, -0.2) is 0 Å². The predicted molar refractivity (Wildman–Crippen MR) is 65.5 cm³/mol. The van der Waals surface area contributed by atoms with Crippen LogP contribution in [0.1, 0.15) is 38.8 Å². The molecule has 0 N–H and O–H groups in total. The fraction of sp³-hybridized carbons (Fsp3) is 0.571. The lowest BCUT2D eigenvalue weighted by Crippen LogP contribution is -2.09. The lowest BCUT2D eigenvalue weighted by Gasteiger charge is -2.19. The zero-order valence-corrected chi connectivity index (χ0v) is 10.6. The minimum absolute atomic E-state index is 0.332. The maximum absolute atomic E-state index is 5.39. The van der Waals surface area contributed by atoms with Gasteiger partial charge in [-0.05, 0) is 35.4 Å². The molecule has 0 unspecified atom stereocenters. The summed E-state index contributed by atoms with van der Waals surface area (Å²) >= 11 is 0. The highest BCUT2D eigenvalue weighted by atomic mass is 16.5. The molecule has 0 amide bonds.